The van der Waals surface area contributed by atoms with E-state index in [1.165, 1.54) is 25.7 Å². The normalized spacial score (nSPS) is 14.2. The van der Waals surface area contributed by atoms with Crippen molar-refractivity contribution >= 4 is 33.7 Å². The number of hydrogen-bond donors (Lipinski definition) is 3. The summed E-state index contributed by atoms with van der Waals surface area (Å²) in [4.78, 5) is 28.9. The van der Waals surface area contributed by atoms with Crippen LogP contribution in [0.3, 0.4) is 0 Å². The highest BCUT2D eigenvalue weighted by molar-refractivity contribution is 5.83. The van der Waals surface area contributed by atoms with E-state index in [-0.39, 0.29) is 12.4 Å². The number of carbonyl (C=O) groups is 2. The van der Waals surface area contributed by atoms with E-state index < -0.39 is 5.97 Å². The molecule has 2 aliphatic rings. The molecule has 2 heterocycles. The molecule has 2 aromatic heterocycles. The Morgan fingerprint density at radius 1 is 0.617 bits per heavy atom. The average Bonchev–Trinajstić information content (AvgIpc) is 4.08. The first-order valence-corrected chi connectivity index (χ1v) is 21.6. The lowest BCUT2D eigenvalue weighted by molar-refractivity contribution is -0.143. The first-order valence-electron chi connectivity index (χ1n) is 21.6. The molecule has 316 valence electrons. The number of aromatic nitrogens is 2. The number of ether oxygens (including phenoxy) is 5. The Bertz CT molecular complexity index is 2370. The first-order chi connectivity index (χ1) is 29.2. The van der Waals surface area contributed by atoms with Crippen LogP contribution in [0, 0.1) is 13.8 Å². The molecule has 60 heavy (non-hydrogen) atoms. The van der Waals surface area contributed by atoms with Crippen molar-refractivity contribution in [2.75, 3.05) is 6.61 Å². The molecule has 4 aromatic carbocycles. The molecular weight excluding hydrogens is 757 g/mol. The zero-order valence-corrected chi connectivity index (χ0v) is 35.1. The van der Waals surface area contributed by atoms with Gasteiger partial charge in [-0.1, -0.05) is 12.1 Å². The molecule has 0 spiro atoms. The van der Waals surface area contributed by atoms with Gasteiger partial charge in [0.2, 0.25) is 0 Å². The van der Waals surface area contributed by atoms with Crippen molar-refractivity contribution in [3.05, 3.63) is 119 Å². The molecule has 2 saturated carbocycles. The second kappa shape index (κ2) is 20.4. The molecule has 8 rings (SSSR count). The highest BCUT2D eigenvalue weighted by atomic mass is 16.5. The monoisotopic (exact) mass is 814 g/mol. The molecule has 0 unspecified atom stereocenters. The third-order valence-corrected chi connectivity index (χ3v) is 11.3. The van der Waals surface area contributed by atoms with E-state index in [2.05, 4.69) is 66.3 Å². The van der Waals surface area contributed by atoms with E-state index in [1.54, 1.807) is 0 Å². The second-order valence-electron chi connectivity index (χ2n) is 16.1. The molecule has 3 N–H and O–H groups in total. The standard InChI is InChI=1S/C26H31NO4.C24H27NO4/c1-3-29-26(28)13-9-21-15-20-16-23(10-11-24(20)27-21)30-17-19-8-12-25(18(2)14-19)31-22-6-4-5-7-22;1-16-12-17(6-10-23(16)29-20-4-2-3-5-20)15-28-21-8-9-22-18(14-21)13-19(25-22)7-11-24(26)27/h8,10-12,14-16,22,27H,3-7,9,13,17H2,1-2H3;6,8-10,12-14,20,25H,2-5,7,11,15H2,1H3,(H,26,27). The number of benzene rings is 4. The van der Waals surface area contributed by atoms with Gasteiger partial charge in [0, 0.05) is 33.2 Å². The molecule has 10 heteroatoms. The Hall–Kier alpha value is -5.90. The fraction of sp³-hybridized carbons (Fsp3) is 0.400. The third-order valence-electron chi connectivity index (χ3n) is 11.3. The molecule has 0 aliphatic heterocycles. The van der Waals surface area contributed by atoms with Crippen molar-refractivity contribution in [3.63, 3.8) is 0 Å². The van der Waals surface area contributed by atoms with Gasteiger partial charge in [-0.3, -0.25) is 9.59 Å². The molecule has 0 atom stereocenters. The minimum atomic E-state index is -0.789. The van der Waals surface area contributed by atoms with Crippen molar-refractivity contribution in [3.8, 4) is 23.0 Å². The molecule has 0 bridgehead atoms. The number of aryl methyl sites for hydroxylation is 4. The first kappa shape index (κ1) is 42.2. The lowest BCUT2D eigenvalue weighted by atomic mass is 10.1. The van der Waals surface area contributed by atoms with E-state index >= 15 is 0 Å². The summed E-state index contributed by atoms with van der Waals surface area (Å²) in [5, 5.41) is 10.9. The van der Waals surface area contributed by atoms with Crippen LogP contribution in [0.5, 0.6) is 23.0 Å². The zero-order valence-electron chi connectivity index (χ0n) is 35.1. The molecule has 6 aromatic rings. The summed E-state index contributed by atoms with van der Waals surface area (Å²) >= 11 is 0. The topological polar surface area (TPSA) is 132 Å². The lowest BCUT2D eigenvalue weighted by Crippen LogP contribution is -2.11. The van der Waals surface area contributed by atoms with Crippen LogP contribution in [0.1, 0.15) is 105 Å². The fourth-order valence-electron chi connectivity index (χ4n) is 8.07. The van der Waals surface area contributed by atoms with Crippen LogP contribution in [-0.4, -0.2) is 45.8 Å². The van der Waals surface area contributed by atoms with Gasteiger partial charge in [0.15, 0.2) is 0 Å². The van der Waals surface area contributed by atoms with Crippen molar-refractivity contribution < 1.29 is 38.4 Å². The van der Waals surface area contributed by atoms with Gasteiger partial charge in [0.1, 0.15) is 36.2 Å². The summed E-state index contributed by atoms with van der Waals surface area (Å²) < 4.78 is 29.3. The van der Waals surface area contributed by atoms with Gasteiger partial charge in [-0.15, -0.1) is 0 Å². The number of H-pyrrole nitrogens is 2. The van der Waals surface area contributed by atoms with Gasteiger partial charge in [-0.25, -0.2) is 0 Å². The maximum absolute atomic E-state index is 11.6. The number of aromatic amines is 2. The van der Waals surface area contributed by atoms with E-state index in [4.69, 9.17) is 28.8 Å². The van der Waals surface area contributed by atoms with Crippen LogP contribution in [0.2, 0.25) is 0 Å². The smallest absolute Gasteiger partial charge is 0.306 e. The van der Waals surface area contributed by atoms with Gasteiger partial charge < -0.3 is 38.8 Å². The van der Waals surface area contributed by atoms with Crippen LogP contribution in [0.15, 0.2) is 84.9 Å². The minimum Gasteiger partial charge on any atom is -0.490 e. The Balaban J connectivity index is 0.000000182. The summed E-state index contributed by atoms with van der Waals surface area (Å²) in [6.45, 7) is 7.42. The lowest BCUT2D eigenvalue weighted by Gasteiger charge is -2.16. The summed E-state index contributed by atoms with van der Waals surface area (Å²) in [6, 6.07) is 28.5. The molecule has 2 aliphatic carbocycles. The Morgan fingerprint density at radius 2 is 1.08 bits per heavy atom. The zero-order chi connectivity index (χ0) is 41.8. The molecule has 0 radical (unpaired) electrons. The van der Waals surface area contributed by atoms with Crippen molar-refractivity contribution in [1.82, 2.24) is 9.97 Å². The summed E-state index contributed by atoms with van der Waals surface area (Å²) in [5.74, 6) is 2.63. The highest BCUT2D eigenvalue weighted by Gasteiger charge is 2.19. The molecule has 0 amide bonds. The quantitative estimate of drug-likeness (QED) is 0.0776. The number of esters is 1. The van der Waals surface area contributed by atoms with E-state index in [0.717, 1.165) is 104 Å². The number of rotatable bonds is 17. The number of fused-ring (bicyclic) bond motifs is 2. The molecular formula is C50H58N2O8. The van der Waals surface area contributed by atoms with Gasteiger partial charge in [0.05, 0.1) is 31.7 Å². The Kier molecular flexibility index (Phi) is 14.3. The number of carboxylic acid groups (broad SMARTS) is 1. The predicted molar refractivity (Wildman–Crippen MR) is 234 cm³/mol. The third kappa shape index (κ3) is 11.9. The van der Waals surface area contributed by atoms with Crippen LogP contribution >= 0.6 is 0 Å². The van der Waals surface area contributed by atoms with E-state index in [1.807, 2.05) is 49.4 Å². The SMILES string of the molecule is CCOC(=O)CCc1cc2cc(OCc3ccc(OC4CCCC4)c(C)c3)ccc2[nH]1.Cc1cc(COc2ccc3[nH]c(CCC(=O)O)cc3c2)ccc1OC1CCCC1. The number of nitrogens with one attached hydrogen (secondary N) is 2. The van der Waals surface area contributed by atoms with Crippen LogP contribution < -0.4 is 18.9 Å². The van der Waals surface area contributed by atoms with Gasteiger partial charge in [-0.2, -0.15) is 0 Å². The number of carbonyl (C=O) groups excluding carboxylic acids is 1. The average molecular weight is 815 g/mol. The highest BCUT2D eigenvalue weighted by Crippen LogP contribution is 2.30. The number of aliphatic carboxylic acids is 1. The summed E-state index contributed by atoms with van der Waals surface area (Å²) in [5.41, 5.74) is 8.50. The number of carboxylic acids is 1. The summed E-state index contributed by atoms with van der Waals surface area (Å²) in [6.07, 6.45) is 12.1. The van der Waals surface area contributed by atoms with Crippen LogP contribution in [-0.2, 0) is 40.4 Å². The maximum Gasteiger partial charge on any atom is 0.306 e. The van der Waals surface area contributed by atoms with E-state index in [0.29, 0.717) is 51.3 Å². The molecule has 2 fully saturated rings. The molecule has 10 nitrogen and oxygen atoms in total. The minimum absolute atomic E-state index is 0.121. The Morgan fingerprint density at radius 3 is 1.52 bits per heavy atom. The largest absolute Gasteiger partial charge is 0.490 e. The summed E-state index contributed by atoms with van der Waals surface area (Å²) in [7, 11) is 0. The van der Waals surface area contributed by atoms with Crippen LogP contribution in [0.25, 0.3) is 21.8 Å². The van der Waals surface area contributed by atoms with Crippen LogP contribution in [0.4, 0.5) is 0 Å². The van der Waals surface area contributed by atoms with Gasteiger partial charge in [-0.05, 0) is 180 Å². The van der Waals surface area contributed by atoms with Gasteiger partial charge in [0.25, 0.3) is 0 Å². The van der Waals surface area contributed by atoms with E-state index in [9.17, 15) is 9.59 Å². The number of hydrogen-bond acceptors (Lipinski definition) is 7. The predicted octanol–water partition coefficient (Wildman–Crippen LogP) is 11.3. The van der Waals surface area contributed by atoms with Crippen molar-refractivity contribution in [2.45, 2.75) is 123 Å². The molecule has 0 saturated heterocycles. The Labute approximate surface area is 352 Å². The van der Waals surface area contributed by atoms with Gasteiger partial charge >= 0.3 is 11.9 Å². The fourth-order valence-corrected chi connectivity index (χ4v) is 8.07. The van der Waals surface area contributed by atoms with Crippen molar-refractivity contribution in [2.24, 2.45) is 0 Å². The second-order valence-corrected chi connectivity index (χ2v) is 16.1. The maximum atomic E-state index is 11.6. The van der Waals surface area contributed by atoms with Crippen molar-refractivity contribution in [1.29, 1.82) is 0 Å².